The van der Waals surface area contributed by atoms with Crippen LogP contribution in [0.1, 0.15) is 40.0 Å². The number of nitrogens with one attached hydrogen (secondary N) is 1. The molecule has 2 atom stereocenters. The number of hydrogen-bond donors (Lipinski definition) is 1. The average Bonchev–Trinajstić information content (AvgIpc) is 2.37. The van der Waals surface area contributed by atoms with E-state index in [2.05, 4.69) is 35.9 Å². The number of piperidine rings is 1. The van der Waals surface area contributed by atoms with E-state index in [0.29, 0.717) is 0 Å². The lowest BCUT2D eigenvalue weighted by atomic mass is 9.98. The number of rotatable bonds is 3. The zero-order valence-corrected chi connectivity index (χ0v) is 13.2. The van der Waals surface area contributed by atoms with Gasteiger partial charge in [0, 0.05) is 19.1 Å². The summed E-state index contributed by atoms with van der Waals surface area (Å²) in [5.41, 5.74) is 0. The molecule has 2 heterocycles. The van der Waals surface area contributed by atoms with Crippen LogP contribution in [0, 0.1) is 11.8 Å². The van der Waals surface area contributed by atoms with Gasteiger partial charge in [-0.25, -0.2) is 0 Å². The van der Waals surface area contributed by atoms with E-state index >= 15 is 0 Å². The van der Waals surface area contributed by atoms with Crippen LogP contribution in [-0.4, -0.2) is 61.7 Å². The van der Waals surface area contributed by atoms with Gasteiger partial charge >= 0.3 is 0 Å². The monoisotopic (exact) mass is 267 g/mol. The Labute approximate surface area is 119 Å². The van der Waals surface area contributed by atoms with Gasteiger partial charge in [-0.2, -0.15) is 0 Å². The van der Waals surface area contributed by atoms with Crippen LogP contribution in [0.25, 0.3) is 0 Å². The Morgan fingerprint density at radius 2 is 1.58 bits per heavy atom. The van der Waals surface area contributed by atoms with Gasteiger partial charge in [-0.15, -0.1) is 0 Å². The Morgan fingerprint density at radius 1 is 1.00 bits per heavy atom. The highest BCUT2D eigenvalue weighted by molar-refractivity contribution is 4.83. The Morgan fingerprint density at radius 3 is 2.11 bits per heavy atom. The molecule has 0 amide bonds. The zero-order valence-electron chi connectivity index (χ0n) is 13.2. The Hall–Kier alpha value is -0.120. The first-order chi connectivity index (χ1) is 9.19. The second-order valence-electron chi connectivity index (χ2n) is 6.90. The Bertz CT molecular complexity index is 236. The molecule has 0 saturated carbocycles. The summed E-state index contributed by atoms with van der Waals surface area (Å²) in [7, 11) is 0. The molecule has 0 spiro atoms. The Balaban J connectivity index is 1.85. The number of nitrogens with zero attached hydrogens (tertiary/aromatic N) is 2. The number of hydrogen-bond acceptors (Lipinski definition) is 3. The third-order valence-electron chi connectivity index (χ3n) is 4.69. The molecule has 3 heteroatoms. The molecule has 2 fully saturated rings. The lowest BCUT2D eigenvalue weighted by molar-refractivity contribution is 0.0780. The maximum absolute atomic E-state index is 3.60. The quantitative estimate of drug-likeness (QED) is 0.844. The van der Waals surface area contributed by atoms with E-state index in [1.165, 1.54) is 65.1 Å². The first-order valence-corrected chi connectivity index (χ1v) is 8.36. The van der Waals surface area contributed by atoms with Crippen LogP contribution in [0.15, 0.2) is 0 Å². The van der Waals surface area contributed by atoms with Gasteiger partial charge in [0.1, 0.15) is 0 Å². The van der Waals surface area contributed by atoms with E-state index in [4.69, 9.17) is 0 Å². The van der Waals surface area contributed by atoms with Crippen molar-refractivity contribution in [2.75, 3.05) is 45.8 Å². The molecule has 0 aromatic heterocycles. The average molecular weight is 267 g/mol. The minimum atomic E-state index is 0.793. The largest absolute Gasteiger partial charge is 0.316 e. The van der Waals surface area contributed by atoms with Crippen molar-refractivity contribution in [2.45, 2.75) is 46.1 Å². The van der Waals surface area contributed by atoms with Crippen molar-refractivity contribution in [1.82, 2.24) is 15.1 Å². The predicted molar refractivity (Wildman–Crippen MR) is 82.5 cm³/mol. The molecule has 2 aliphatic heterocycles. The van der Waals surface area contributed by atoms with Gasteiger partial charge < -0.3 is 10.2 Å². The maximum atomic E-state index is 3.60. The summed E-state index contributed by atoms with van der Waals surface area (Å²) in [6, 6.07) is 0.844. The maximum Gasteiger partial charge on any atom is 0.0120 e. The van der Waals surface area contributed by atoms with Gasteiger partial charge in [-0.3, -0.25) is 4.90 Å². The molecule has 0 aromatic rings. The third kappa shape index (κ3) is 4.73. The highest BCUT2D eigenvalue weighted by Crippen LogP contribution is 2.20. The number of likely N-dealkylation sites (tertiary alicyclic amines) is 1. The molecule has 2 saturated heterocycles. The fraction of sp³-hybridized carbons (Fsp3) is 1.00. The molecule has 0 aliphatic carbocycles. The first-order valence-electron chi connectivity index (χ1n) is 8.36. The van der Waals surface area contributed by atoms with Crippen molar-refractivity contribution in [3.8, 4) is 0 Å². The SMILES string of the molecule is CCCN1CCC(N2CC(C)CNCC(C)C2)CC1. The van der Waals surface area contributed by atoms with Gasteiger partial charge in [-0.1, -0.05) is 20.8 Å². The molecule has 3 nitrogen and oxygen atoms in total. The van der Waals surface area contributed by atoms with Crippen molar-refractivity contribution in [2.24, 2.45) is 11.8 Å². The van der Waals surface area contributed by atoms with Crippen molar-refractivity contribution < 1.29 is 0 Å². The summed E-state index contributed by atoms with van der Waals surface area (Å²) in [5.74, 6) is 1.59. The molecule has 19 heavy (non-hydrogen) atoms. The van der Waals surface area contributed by atoms with Crippen molar-refractivity contribution in [3.05, 3.63) is 0 Å². The minimum Gasteiger partial charge on any atom is -0.316 e. The van der Waals surface area contributed by atoms with Crippen molar-refractivity contribution in [3.63, 3.8) is 0 Å². The molecule has 0 bridgehead atoms. The van der Waals surface area contributed by atoms with Crippen LogP contribution >= 0.6 is 0 Å². The molecule has 2 unspecified atom stereocenters. The van der Waals surface area contributed by atoms with E-state index in [-0.39, 0.29) is 0 Å². The van der Waals surface area contributed by atoms with Gasteiger partial charge in [0.2, 0.25) is 0 Å². The molecular formula is C16H33N3. The molecule has 2 rings (SSSR count). The summed E-state index contributed by atoms with van der Waals surface area (Å²) in [5, 5.41) is 3.60. The molecule has 0 radical (unpaired) electrons. The van der Waals surface area contributed by atoms with Crippen LogP contribution in [-0.2, 0) is 0 Å². The lowest BCUT2D eigenvalue weighted by Crippen LogP contribution is -2.50. The summed E-state index contributed by atoms with van der Waals surface area (Å²) < 4.78 is 0. The van der Waals surface area contributed by atoms with Gasteiger partial charge in [-0.05, 0) is 63.8 Å². The van der Waals surface area contributed by atoms with Crippen LogP contribution in [0.4, 0.5) is 0 Å². The second kappa shape index (κ2) is 7.61. The third-order valence-corrected chi connectivity index (χ3v) is 4.69. The lowest BCUT2D eigenvalue weighted by Gasteiger charge is -2.41. The molecule has 1 N–H and O–H groups in total. The van der Waals surface area contributed by atoms with E-state index in [1.54, 1.807) is 0 Å². The first kappa shape index (κ1) is 15.3. The Kier molecular flexibility index (Phi) is 6.11. The van der Waals surface area contributed by atoms with Crippen LogP contribution in [0.5, 0.6) is 0 Å². The van der Waals surface area contributed by atoms with Crippen molar-refractivity contribution in [1.29, 1.82) is 0 Å². The normalized spacial score (nSPS) is 33.0. The summed E-state index contributed by atoms with van der Waals surface area (Å²) in [4.78, 5) is 5.45. The minimum absolute atomic E-state index is 0.793. The topological polar surface area (TPSA) is 18.5 Å². The fourth-order valence-electron chi connectivity index (χ4n) is 3.70. The molecule has 0 aromatic carbocycles. The van der Waals surface area contributed by atoms with Gasteiger partial charge in [0.15, 0.2) is 0 Å². The standard InChI is InChI=1S/C16H33N3/c1-4-7-18-8-5-16(6-9-18)19-12-14(2)10-17-11-15(3)13-19/h14-17H,4-13H2,1-3H3. The van der Waals surface area contributed by atoms with Gasteiger partial charge in [0.25, 0.3) is 0 Å². The second-order valence-corrected chi connectivity index (χ2v) is 6.90. The summed E-state index contributed by atoms with van der Waals surface area (Å²) >= 11 is 0. The van der Waals surface area contributed by atoms with Crippen LogP contribution in [0.2, 0.25) is 0 Å². The highest BCUT2D eigenvalue weighted by atomic mass is 15.2. The molecule has 2 aliphatic rings. The summed E-state index contributed by atoms with van der Waals surface area (Å²) in [6.45, 7) is 16.0. The van der Waals surface area contributed by atoms with Crippen molar-refractivity contribution >= 4 is 0 Å². The van der Waals surface area contributed by atoms with E-state index in [9.17, 15) is 0 Å². The van der Waals surface area contributed by atoms with E-state index < -0.39 is 0 Å². The van der Waals surface area contributed by atoms with Crippen LogP contribution in [0.3, 0.4) is 0 Å². The molecule has 112 valence electrons. The van der Waals surface area contributed by atoms with Crippen LogP contribution < -0.4 is 5.32 Å². The smallest absolute Gasteiger partial charge is 0.0120 e. The van der Waals surface area contributed by atoms with E-state index in [0.717, 1.165) is 17.9 Å². The predicted octanol–water partition coefficient (Wildman–Crippen LogP) is 2.04. The zero-order chi connectivity index (χ0) is 13.7. The fourth-order valence-corrected chi connectivity index (χ4v) is 3.70. The van der Waals surface area contributed by atoms with E-state index in [1.807, 2.05) is 0 Å². The molecular weight excluding hydrogens is 234 g/mol. The highest BCUT2D eigenvalue weighted by Gasteiger charge is 2.27. The van der Waals surface area contributed by atoms with Gasteiger partial charge in [0.05, 0.1) is 0 Å². The summed E-state index contributed by atoms with van der Waals surface area (Å²) in [6.07, 6.45) is 4.06.